The van der Waals surface area contributed by atoms with Crippen molar-refractivity contribution in [2.75, 3.05) is 0 Å². The molecule has 2 aromatic rings. The molecule has 1 saturated carbocycles. The SMILES string of the molecule is OC1(C(c2ccccc2Br)n2ccnc2)CCCCCC1. The summed E-state index contributed by atoms with van der Waals surface area (Å²) >= 11 is 3.65. The standard InChI is InChI=1S/C17H21BrN2O/c18-15-8-4-3-7-14(15)16(20-12-11-19-13-20)17(21)9-5-1-2-6-10-17/h3-4,7-8,11-13,16,21H,1-2,5-6,9-10H2. The molecule has 0 spiro atoms. The molecule has 0 radical (unpaired) electrons. The van der Waals surface area contributed by atoms with E-state index >= 15 is 0 Å². The summed E-state index contributed by atoms with van der Waals surface area (Å²) in [5, 5.41) is 11.4. The third kappa shape index (κ3) is 3.06. The Balaban J connectivity index is 2.06. The van der Waals surface area contributed by atoms with Gasteiger partial charge in [-0.25, -0.2) is 4.98 Å². The lowest BCUT2D eigenvalue weighted by Gasteiger charge is -2.37. The molecule has 1 aromatic carbocycles. The topological polar surface area (TPSA) is 38.0 Å². The number of aliphatic hydroxyl groups is 1. The second kappa shape index (κ2) is 6.32. The van der Waals surface area contributed by atoms with E-state index in [-0.39, 0.29) is 6.04 Å². The second-order valence-electron chi connectivity index (χ2n) is 5.95. The Kier molecular flexibility index (Phi) is 4.45. The molecule has 0 amide bonds. The fraction of sp³-hybridized carbons (Fsp3) is 0.471. The van der Waals surface area contributed by atoms with Crippen LogP contribution in [-0.2, 0) is 0 Å². The maximum Gasteiger partial charge on any atom is 0.0952 e. The number of hydrogen-bond acceptors (Lipinski definition) is 2. The van der Waals surface area contributed by atoms with Crippen LogP contribution < -0.4 is 0 Å². The maximum atomic E-state index is 11.4. The molecule has 1 aliphatic carbocycles. The van der Waals surface area contributed by atoms with Crippen molar-refractivity contribution in [3.63, 3.8) is 0 Å². The van der Waals surface area contributed by atoms with E-state index in [4.69, 9.17) is 0 Å². The monoisotopic (exact) mass is 348 g/mol. The van der Waals surface area contributed by atoms with Crippen molar-refractivity contribution in [3.05, 3.63) is 53.0 Å². The molecule has 3 nitrogen and oxygen atoms in total. The highest BCUT2D eigenvalue weighted by molar-refractivity contribution is 9.10. The van der Waals surface area contributed by atoms with Gasteiger partial charge in [0.05, 0.1) is 18.0 Å². The first-order chi connectivity index (χ1) is 10.2. The lowest BCUT2D eigenvalue weighted by molar-refractivity contribution is -0.0123. The van der Waals surface area contributed by atoms with Crippen molar-refractivity contribution in [2.45, 2.75) is 50.2 Å². The number of hydrogen-bond donors (Lipinski definition) is 1. The lowest BCUT2D eigenvalue weighted by atomic mass is 9.82. The largest absolute Gasteiger partial charge is 0.387 e. The zero-order valence-electron chi connectivity index (χ0n) is 12.1. The van der Waals surface area contributed by atoms with Crippen LogP contribution in [0.25, 0.3) is 0 Å². The van der Waals surface area contributed by atoms with Crippen molar-refractivity contribution >= 4 is 15.9 Å². The zero-order valence-corrected chi connectivity index (χ0v) is 13.7. The first kappa shape index (κ1) is 14.8. The number of halogens is 1. The van der Waals surface area contributed by atoms with Gasteiger partial charge in [-0.2, -0.15) is 0 Å². The van der Waals surface area contributed by atoms with E-state index in [0.717, 1.165) is 35.7 Å². The molecule has 0 aliphatic heterocycles. The molecule has 21 heavy (non-hydrogen) atoms. The van der Waals surface area contributed by atoms with Crippen molar-refractivity contribution < 1.29 is 5.11 Å². The molecule has 1 aliphatic rings. The van der Waals surface area contributed by atoms with Gasteiger partial charge in [0.1, 0.15) is 0 Å². The zero-order chi connectivity index (χ0) is 14.7. The van der Waals surface area contributed by atoms with Gasteiger partial charge >= 0.3 is 0 Å². The van der Waals surface area contributed by atoms with E-state index < -0.39 is 5.60 Å². The van der Waals surface area contributed by atoms with E-state index in [9.17, 15) is 5.11 Å². The number of nitrogens with zero attached hydrogens (tertiary/aromatic N) is 2. The Morgan fingerprint density at radius 3 is 2.48 bits per heavy atom. The predicted molar refractivity (Wildman–Crippen MR) is 87.2 cm³/mol. The molecule has 112 valence electrons. The van der Waals surface area contributed by atoms with Gasteiger partial charge in [0.25, 0.3) is 0 Å². The Hall–Kier alpha value is -1.13. The van der Waals surface area contributed by atoms with Crippen molar-refractivity contribution in [3.8, 4) is 0 Å². The summed E-state index contributed by atoms with van der Waals surface area (Å²) in [5.74, 6) is 0. The van der Waals surface area contributed by atoms with Crippen LogP contribution in [0.2, 0.25) is 0 Å². The van der Waals surface area contributed by atoms with E-state index in [1.165, 1.54) is 12.8 Å². The summed E-state index contributed by atoms with van der Waals surface area (Å²) < 4.78 is 3.09. The summed E-state index contributed by atoms with van der Waals surface area (Å²) in [6.45, 7) is 0. The average molecular weight is 349 g/mol. The number of imidazole rings is 1. The number of aromatic nitrogens is 2. The average Bonchev–Trinajstić information content (AvgIpc) is 2.90. The highest BCUT2D eigenvalue weighted by Crippen LogP contribution is 2.41. The molecule has 0 saturated heterocycles. The smallest absolute Gasteiger partial charge is 0.0952 e. The van der Waals surface area contributed by atoms with E-state index in [1.807, 2.05) is 35.3 Å². The molecule has 1 heterocycles. The van der Waals surface area contributed by atoms with Gasteiger partial charge in [0, 0.05) is 16.9 Å². The summed E-state index contributed by atoms with van der Waals surface area (Å²) in [7, 11) is 0. The van der Waals surface area contributed by atoms with Crippen LogP contribution in [0, 0.1) is 0 Å². The van der Waals surface area contributed by atoms with Crippen molar-refractivity contribution in [1.29, 1.82) is 0 Å². The minimum absolute atomic E-state index is 0.0892. The molecule has 1 N–H and O–H groups in total. The highest BCUT2D eigenvalue weighted by atomic mass is 79.9. The Morgan fingerprint density at radius 2 is 1.86 bits per heavy atom. The van der Waals surface area contributed by atoms with Crippen LogP contribution in [0.3, 0.4) is 0 Å². The first-order valence-electron chi connectivity index (χ1n) is 7.65. The summed E-state index contributed by atoms with van der Waals surface area (Å²) in [5.41, 5.74) is 0.418. The quantitative estimate of drug-likeness (QED) is 0.838. The van der Waals surface area contributed by atoms with Gasteiger partial charge in [-0.05, 0) is 24.5 Å². The van der Waals surface area contributed by atoms with Crippen LogP contribution >= 0.6 is 15.9 Å². The van der Waals surface area contributed by atoms with E-state index in [2.05, 4.69) is 27.0 Å². The number of benzene rings is 1. The van der Waals surface area contributed by atoms with Crippen molar-refractivity contribution in [1.82, 2.24) is 9.55 Å². The minimum atomic E-state index is -0.707. The van der Waals surface area contributed by atoms with Gasteiger partial charge in [-0.1, -0.05) is 59.8 Å². The van der Waals surface area contributed by atoms with Gasteiger partial charge in [-0.3, -0.25) is 0 Å². The molecule has 1 aromatic heterocycles. The Bertz CT molecular complexity index is 574. The third-order valence-corrected chi connectivity index (χ3v) is 5.22. The van der Waals surface area contributed by atoms with Crippen LogP contribution in [0.4, 0.5) is 0 Å². The van der Waals surface area contributed by atoms with Gasteiger partial charge in [0.2, 0.25) is 0 Å². The van der Waals surface area contributed by atoms with E-state index in [1.54, 1.807) is 6.20 Å². The molecule has 4 heteroatoms. The summed E-state index contributed by atoms with van der Waals surface area (Å²) in [6.07, 6.45) is 11.8. The Morgan fingerprint density at radius 1 is 1.14 bits per heavy atom. The van der Waals surface area contributed by atoms with Crippen molar-refractivity contribution in [2.24, 2.45) is 0 Å². The molecule has 0 bridgehead atoms. The predicted octanol–water partition coefficient (Wildman–Crippen LogP) is 4.32. The van der Waals surface area contributed by atoms with Gasteiger partial charge in [-0.15, -0.1) is 0 Å². The second-order valence-corrected chi connectivity index (χ2v) is 6.81. The fourth-order valence-corrected chi connectivity index (χ4v) is 3.96. The fourth-order valence-electron chi connectivity index (χ4n) is 3.46. The molecule has 1 unspecified atom stereocenters. The van der Waals surface area contributed by atoms with Crippen LogP contribution in [0.15, 0.2) is 47.5 Å². The van der Waals surface area contributed by atoms with Crippen LogP contribution in [0.1, 0.15) is 50.1 Å². The summed E-state index contributed by atoms with van der Waals surface area (Å²) in [6, 6.07) is 8.09. The van der Waals surface area contributed by atoms with Crippen LogP contribution in [0.5, 0.6) is 0 Å². The Labute approximate surface area is 134 Å². The maximum absolute atomic E-state index is 11.4. The third-order valence-electron chi connectivity index (χ3n) is 4.50. The molecular formula is C17H21BrN2O. The van der Waals surface area contributed by atoms with Crippen LogP contribution in [-0.4, -0.2) is 20.3 Å². The molecule has 1 atom stereocenters. The highest BCUT2D eigenvalue weighted by Gasteiger charge is 2.39. The van der Waals surface area contributed by atoms with E-state index in [0.29, 0.717) is 0 Å². The summed E-state index contributed by atoms with van der Waals surface area (Å²) in [4.78, 5) is 4.18. The lowest BCUT2D eigenvalue weighted by Crippen LogP contribution is -2.39. The van der Waals surface area contributed by atoms with Gasteiger partial charge < -0.3 is 9.67 Å². The molecule has 3 rings (SSSR count). The van der Waals surface area contributed by atoms with Gasteiger partial charge in [0.15, 0.2) is 0 Å². The first-order valence-corrected chi connectivity index (χ1v) is 8.44. The minimum Gasteiger partial charge on any atom is -0.387 e. The normalized spacial score (nSPS) is 19.9. The molecular weight excluding hydrogens is 328 g/mol. The molecule has 1 fully saturated rings. The number of rotatable bonds is 3.